The normalized spacial score (nSPS) is 21.4. The van der Waals surface area contributed by atoms with Crippen LogP contribution in [-0.4, -0.2) is 45.9 Å². The van der Waals surface area contributed by atoms with E-state index in [9.17, 15) is 14.3 Å². The summed E-state index contributed by atoms with van der Waals surface area (Å²) >= 11 is 0. The monoisotopic (exact) mass is 473 g/mol. The molecule has 34 heavy (non-hydrogen) atoms. The lowest BCUT2D eigenvalue weighted by atomic mass is 9.92. The van der Waals surface area contributed by atoms with E-state index >= 15 is 0 Å². The Morgan fingerprint density at radius 3 is 2.47 bits per heavy atom. The van der Waals surface area contributed by atoms with Gasteiger partial charge in [-0.05, 0) is 45.4 Å². The fourth-order valence-electron chi connectivity index (χ4n) is 4.01. The maximum absolute atomic E-state index is 13.3. The van der Waals surface area contributed by atoms with Gasteiger partial charge in [-0.3, -0.25) is 10.7 Å². The van der Waals surface area contributed by atoms with Gasteiger partial charge in [-0.1, -0.05) is 12.1 Å². The number of nitrogens with zero attached hydrogens (tertiary/aromatic N) is 1. The number of benzene rings is 1. The number of nitrogens with one attached hydrogen (secondary N) is 3. The van der Waals surface area contributed by atoms with Crippen molar-refractivity contribution < 1.29 is 23.8 Å². The molecule has 184 valence electrons. The van der Waals surface area contributed by atoms with Crippen molar-refractivity contribution in [2.75, 3.05) is 11.1 Å². The number of carbonyl (C=O) groups excluding carboxylic acids is 1. The van der Waals surface area contributed by atoms with Crippen molar-refractivity contribution in [2.24, 2.45) is 0 Å². The molecule has 3 unspecified atom stereocenters. The Hall–Kier alpha value is -3.24. The second-order valence-corrected chi connectivity index (χ2v) is 9.19. The number of carbonyl (C=O) groups is 1. The highest BCUT2D eigenvalue weighted by Gasteiger charge is 2.30. The molecule has 9 nitrogen and oxygen atoms in total. The number of pyridine rings is 1. The molecule has 0 radical (unpaired) electrons. The van der Waals surface area contributed by atoms with Crippen LogP contribution >= 0.6 is 0 Å². The number of rotatable bonds is 6. The van der Waals surface area contributed by atoms with Crippen LogP contribution in [0, 0.1) is 11.2 Å². The molecule has 2 heterocycles. The van der Waals surface area contributed by atoms with Gasteiger partial charge < -0.3 is 25.6 Å². The SMILES string of the molecule is CC1CC(OC(=N)c2cnc(NC(=O)NC(c3ccc(F)cc3)C(C)(C)O)cc2N)CC(C)O1. The lowest BCUT2D eigenvalue weighted by Crippen LogP contribution is -2.44. The van der Waals surface area contributed by atoms with Gasteiger partial charge in [0.25, 0.3) is 0 Å². The number of nitrogens with two attached hydrogens (primary N) is 1. The van der Waals surface area contributed by atoms with Gasteiger partial charge in [-0.2, -0.15) is 0 Å². The number of ether oxygens (including phenoxy) is 2. The van der Waals surface area contributed by atoms with E-state index in [2.05, 4.69) is 15.6 Å². The van der Waals surface area contributed by atoms with Crippen LogP contribution < -0.4 is 16.4 Å². The zero-order chi connectivity index (χ0) is 25.0. The Morgan fingerprint density at radius 2 is 1.91 bits per heavy atom. The number of anilines is 2. The Morgan fingerprint density at radius 1 is 1.29 bits per heavy atom. The standard InChI is InChI=1S/C24H32FN5O4/c1-13-9-17(10-14(2)33-13)34-22(27)18-12-28-20(11-19(18)26)29-23(31)30-21(24(3,4)32)15-5-7-16(25)8-6-15/h5-8,11-14,17,21,27,32H,9-10H2,1-4H3,(H4,26,28,29,30,31). The molecule has 1 aliphatic rings. The maximum atomic E-state index is 13.3. The van der Waals surface area contributed by atoms with Gasteiger partial charge in [0.15, 0.2) is 0 Å². The third-order valence-corrected chi connectivity index (χ3v) is 5.55. The van der Waals surface area contributed by atoms with Crippen molar-refractivity contribution in [1.82, 2.24) is 10.3 Å². The van der Waals surface area contributed by atoms with E-state index in [1.165, 1.54) is 50.4 Å². The highest BCUT2D eigenvalue weighted by Crippen LogP contribution is 2.27. The summed E-state index contributed by atoms with van der Waals surface area (Å²) in [6.07, 6.45) is 2.66. The molecule has 2 amide bonds. The number of hydrogen-bond acceptors (Lipinski definition) is 7. The second-order valence-electron chi connectivity index (χ2n) is 9.19. The maximum Gasteiger partial charge on any atom is 0.320 e. The van der Waals surface area contributed by atoms with E-state index in [-0.39, 0.29) is 35.7 Å². The molecule has 1 aromatic heterocycles. The summed E-state index contributed by atoms with van der Waals surface area (Å²) in [5.74, 6) is -0.350. The number of aliphatic hydroxyl groups is 1. The fourth-order valence-corrected chi connectivity index (χ4v) is 4.01. The second kappa shape index (κ2) is 10.4. The van der Waals surface area contributed by atoms with Gasteiger partial charge in [-0.25, -0.2) is 14.2 Å². The molecule has 0 spiro atoms. The summed E-state index contributed by atoms with van der Waals surface area (Å²) in [5, 5.41) is 24.0. The van der Waals surface area contributed by atoms with Gasteiger partial charge in [0.05, 0.1) is 29.4 Å². The van der Waals surface area contributed by atoms with E-state index in [0.29, 0.717) is 24.0 Å². The minimum atomic E-state index is -1.32. The Kier molecular flexibility index (Phi) is 7.73. The van der Waals surface area contributed by atoms with E-state index < -0.39 is 23.5 Å². The lowest BCUT2D eigenvalue weighted by Gasteiger charge is -2.32. The van der Waals surface area contributed by atoms with Crippen molar-refractivity contribution in [3.63, 3.8) is 0 Å². The van der Waals surface area contributed by atoms with Crippen molar-refractivity contribution in [2.45, 2.75) is 70.5 Å². The van der Waals surface area contributed by atoms with Crippen molar-refractivity contribution in [3.05, 3.63) is 53.5 Å². The first-order chi connectivity index (χ1) is 15.9. The molecular formula is C24H32FN5O4. The summed E-state index contributed by atoms with van der Waals surface area (Å²) in [6.45, 7) is 7.01. The van der Waals surface area contributed by atoms with E-state index in [1.807, 2.05) is 13.8 Å². The Bertz CT molecular complexity index is 1020. The van der Waals surface area contributed by atoms with Crippen LogP contribution in [0.3, 0.4) is 0 Å². The molecule has 0 saturated carbocycles. The van der Waals surface area contributed by atoms with Crippen LogP contribution in [0.15, 0.2) is 36.5 Å². The molecule has 1 aliphatic heterocycles. The molecule has 10 heteroatoms. The van der Waals surface area contributed by atoms with Crippen LogP contribution in [-0.2, 0) is 9.47 Å². The van der Waals surface area contributed by atoms with Crippen molar-refractivity contribution >= 4 is 23.4 Å². The first kappa shape index (κ1) is 25.4. The zero-order valence-electron chi connectivity index (χ0n) is 19.8. The minimum absolute atomic E-state index is 0.0461. The quantitative estimate of drug-likeness (QED) is 0.320. The van der Waals surface area contributed by atoms with Gasteiger partial charge in [0.1, 0.15) is 17.7 Å². The molecule has 2 aromatic rings. The van der Waals surface area contributed by atoms with Crippen molar-refractivity contribution in [3.8, 4) is 0 Å². The van der Waals surface area contributed by atoms with Crippen molar-refractivity contribution in [1.29, 1.82) is 5.41 Å². The number of halogens is 1. The van der Waals surface area contributed by atoms with E-state index in [4.69, 9.17) is 20.6 Å². The van der Waals surface area contributed by atoms with Gasteiger partial charge in [-0.15, -0.1) is 0 Å². The smallest absolute Gasteiger partial charge is 0.320 e. The molecular weight excluding hydrogens is 441 g/mol. The molecule has 3 atom stereocenters. The molecule has 6 N–H and O–H groups in total. The summed E-state index contributed by atoms with van der Waals surface area (Å²) in [4.78, 5) is 16.8. The largest absolute Gasteiger partial charge is 0.474 e. The molecule has 1 aromatic carbocycles. The molecule has 1 fully saturated rings. The van der Waals surface area contributed by atoms with Crippen LogP contribution in [0.2, 0.25) is 0 Å². The average Bonchev–Trinajstić information content (AvgIpc) is 2.71. The lowest BCUT2D eigenvalue weighted by molar-refractivity contribution is -0.0752. The summed E-state index contributed by atoms with van der Waals surface area (Å²) in [7, 11) is 0. The minimum Gasteiger partial charge on any atom is -0.474 e. The summed E-state index contributed by atoms with van der Waals surface area (Å²) in [5.41, 5.74) is 5.86. The highest BCUT2D eigenvalue weighted by molar-refractivity contribution is 5.98. The van der Waals surface area contributed by atoms with Gasteiger partial charge in [0, 0.05) is 30.8 Å². The highest BCUT2D eigenvalue weighted by atomic mass is 19.1. The summed E-state index contributed by atoms with van der Waals surface area (Å²) < 4.78 is 24.8. The van der Waals surface area contributed by atoms with Crippen LogP contribution in [0.25, 0.3) is 0 Å². The fraction of sp³-hybridized carbons (Fsp3) is 0.458. The molecule has 1 saturated heterocycles. The first-order valence-corrected chi connectivity index (χ1v) is 11.1. The van der Waals surface area contributed by atoms with Gasteiger partial charge in [0.2, 0.25) is 5.90 Å². The van der Waals surface area contributed by atoms with Gasteiger partial charge >= 0.3 is 6.03 Å². The average molecular weight is 474 g/mol. The molecule has 0 aliphatic carbocycles. The van der Waals surface area contributed by atoms with Crippen LogP contribution in [0.5, 0.6) is 0 Å². The summed E-state index contributed by atoms with van der Waals surface area (Å²) in [6, 6.07) is 5.49. The molecule has 3 rings (SSSR count). The third-order valence-electron chi connectivity index (χ3n) is 5.55. The third kappa shape index (κ3) is 6.64. The number of amides is 2. The van der Waals surface area contributed by atoms with Crippen LogP contribution in [0.4, 0.5) is 20.7 Å². The van der Waals surface area contributed by atoms with Crippen LogP contribution in [0.1, 0.15) is 57.7 Å². The number of aromatic nitrogens is 1. The van der Waals surface area contributed by atoms with E-state index in [1.54, 1.807) is 0 Å². The number of urea groups is 1. The van der Waals surface area contributed by atoms with E-state index in [0.717, 1.165) is 0 Å². The predicted molar refractivity (Wildman–Crippen MR) is 127 cm³/mol. The Balaban J connectivity index is 1.65. The first-order valence-electron chi connectivity index (χ1n) is 11.1. The number of hydrogen-bond donors (Lipinski definition) is 5. The number of nitrogen functional groups attached to an aromatic ring is 1. The predicted octanol–water partition coefficient (Wildman–Crippen LogP) is 3.73. The topological polar surface area (TPSA) is 143 Å². The Labute approximate surface area is 198 Å². The zero-order valence-corrected chi connectivity index (χ0v) is 19.8. The molecule has 0 bridgehead atoms.